The second-order valence-corrected chi connectivity index (χ2v) is 7.17. The van der Waals surface area contributed by atoms with Crippen LogP contribution in [0.25, 0.3) is 0 Å². The van der Waals surface area contributed by atoms with Gasteiger partial charge in [0.05, 0.1) is 17.3 Å². The minimum atomic E-state index is -3.43. The summed E-state index contributed by atoms with van der Waals surface area (Å²) < 4.78 is 29.4. The average Bonchev–Trinajstić information content (AvgIpc) is 2.48. The highest BCUT2D eigenvalue weighted by Crippen LogP contribution is 2.15. The number of carbonyl (C=O) groups is 1. The van der Waals surface area contributed by atoms with Gasteiger partial charge in [0.2, 0.25) is 5.91 Å². The maximum absolute atomic E-state index is 12.1. The van der Waals surface area contributed by atoms with Gasteiger partial charge >= 0.3 is 0 Å². The fraction of sp³-hybridized carbons (Fsp3) is 0.462. The molecular weight excluding hydrogens is 351 g/mol. The van der Waals surface area contributed by atoms with Crippen molar-refractivity contribution < 1.29 is 17.9 Å². The number of hydrogen-bond donors (Lipinski definition) is 2. The molecule has 0 bridgehead atoms. The van der Waals surface area contributed by atoms with Crippen LogP contribution in [-0.4, -0.2) is 52.4 Å². The molecule has 6 nitrogen and oxygen atoms in total. The fourth-order valence-corrected chi connectivity index (χ4v) is 3.20. The number of rotatable bonds is 5. The summed E-state index contributed by atoms with van der Waals surface area (Å²) in [6, 6.07) is 5.95. The maximum Gasteiger partial charge on any atom is 0.250 e. The number of morpholine rings is 1. The molecule has 1 aliphatic heterocycles. The van der Waals surface area contributed by atoms with Crippen LogP contribution in [0.1, 0.15) is 0 Å². The van der Waals surface area contributed by atoms with Gasteiger partial charge in [-0.2, -0.15) is 0 Å². The van der Waals surface area contributed by atoms with E-state index in [9.17, 15) is 13.2 Å². The Labute approximate surface area is 140 Å². The number of nitrogens with one attached hydrogen (secondary N) is 2. The van der Waals surface area contributed by atoms with Gasteiger partial charge in [-0.15, -0.1) is 12.4 Å². The Hall–Kier alpha value is -0.860. The van der Waals surface area contributed by atoms with Gasteiger partial charge in [-0.1, -0.05) is 11.6 Å². The van der Waals surface area contributed by atoms with Crippen LogP contribution in [0.3, 0.4) is 0 Å². The minimum absolute atomic E-state index is 0. The minimum Gasteiger partial charge on any atom is -0.366 e. The van der Waals surface area contributed by atoms with Gasteiger partial charge in [-0.3, -0.25) is 4.79 Å². The Morgan fingerprint density at radius 2 is 2.05 bits per heavy atom. The normalized spacial score (nSPS) is 18.3. The number of ether oxygens (including phenoxy) is 1. The Kier molecular flexibility index (Phi) is 7.58. The molecule has 1 amide bonds. The molecular formula is C13H18Cl2N2O4S. The number of halogens is 2. The summed E-state index contributed by atoms with van der Waals surface area (Å²) in [6.45, 7) is 1.68. The molecule has 9 heteroatoms. The van der Waals surface area contributed by atoms with Crippen LogP contribution in [-0.2, 0) is 19.4 Å². The van der Waals surface area contributed by atoms with Crippen LogP contribution < -0.4 is 10.6 Å². The highest BCUT2D eigenvalue weighted by atomic mass is 35.5. The maximum atomic E-state index is 12.1. The van der Waals surface area contributed by atoms with Crippen molar-refractivity contribution in [1.82, 2.24) is 10.6 Å². The molecule has 0 spiro atoms. The van der Waals surface area contributed by atoms with E-state index < -0.39 is 15.9 Å². The van der Waals surface area contributed by atoms with Crippen LogP contribution >= 0.6 is 24.0 Å². The average molecular weight is 369 g/mol. The number of hydrogen-bond acceptors (Lipinski definition) is 5. The third kappa shape index (κ3) is 5.40. The van der Waals surface area contributed by atoms with Gasteiger partial charge in [0.25, 0.3) is 0 Å². The first-order valence-corrected chi connectivity index (χ1v) is 8.60. The zero-order chi connectivity index (χ0) is 15.3. The molecule has 0 saturated carbocycles. The van der Waals surface area contributed by atoms with E-state index in [1.165, 1.54) is 24.3 Å². The fourth-order valence-electron chi connectivity index (χ4n) is 1.92. The van der Waals surface area contributed by atoms with E-state index in [1.54, 1.807) is 0 Å². The van der Waals surface area contributed by atoms with Crippen molar-refractivity contribution in [2.45, 2.75) is 11.0 Å². The van der Waals surface area contributed by atoms with Crippen molar-refractivity contribution in [2.75, 3.05) is 32.0 Å². The van der Waals surface area contributed by atoms with Gasteiger partial charge < -0.3 is 15.4 Å². The molecule has 2 rings (SSSR count). The number of carbonyl (C=O) groups excluding carboxylic acids is 1. The monoisotopic (exact) mass is 368 g/mol. The zero-order valence-electron chi connectivity index (χ0n) is 11.7. The highest BCUT2D eigenvalue weighted by Gasteiger charge is 2.22. The molecule has 1 unspecified atom stereocenters. The van der Waals surface area contributed by atoms with E-state index >= 15 is 0 Å². The molecule has 0 radical (unpaired) electrons. The van der Waals surface area contributed by atoms with Crippen molar-refractivity contribution in [3.05, 3.63) is 29.3 Å². The van der Waals surface area contributed by atoms with Crippen LogP contribution in [0, 0.1) is 0 Å². The molecule has 1 aromatic carbocycles. The van der Waals surface area contributed by atoms with Crippen LogP contribution in [0.15, 0.2) is 29.2 Å². The molecule has 2 N–H and O–H groups in total. The van der Waals surface area contributed by atoms with Gasteiger partial charge in [0.1, 0.15) is 6.10 Å². The van der Waals surface area contributed by atoms with Gasteiger partial charge in [0.15, 0.2) is 9.84 Å². The van der Waals surface area contributed by atoms with Crippen LogP contribution in [0.5, 0.6) is 0 Å². The molecule has 1 aromatic rings. The SMILES string of the molecule is Cl.O=C(NCCS(=O)(=O)c1ccc(Cl)cc1)C1CNCCO1. The second kappa shape index (κ2) is 8.69. The third-order valence-corrected chi connectivity index (χ3v) is 5.05. The molecule has 1 saturated heterocycles. The van der Waals surface area contributed by atoms with Crippen molar-refractivity contribution in [3.63, 3.8) is 0 Å². The molecule has 1 fully saturated rings. The van der Waals surface area contributed by atoms with Gasteiger partial charge in [-0.25, -0.2) is 8.42 Å². The molecule has 1 heterocycles. The lowest BCUT2D eigenvalue weighted by molar-refractivity contribution is -0.134. The van der Waals surface area contributed by atoms with E-state index in [0.29, 0.717) is 24.7 Å². The predicted octanol–water partition coefficient (Wildman–Crippen LogP) is 0.640. The Balaban J connectivity index is 0.00000242. The zero-order valence-corrected chi connectivity index (χ0v) is 14.1. The van der Waals surface area contributed by atoms with Crippen molar-refractivity contribution >= 4 is 39.8 Å². The van der Waals surface area contributed by atoms with E-state index in [2.05, 4.69) is 10.6 Å². The summed E-state index contributed by atoms with van der Waals surface area (Å²) in [5.74, 6) is -0.464. The Bertz CT molecular complexity index is 587. The lowest BCUT2D eigenvalue weighted by Crippen LogP contribution is -2.48. The first-order valence-electron chi connectivity index (χ1n) is 6.57. The Morgan fingerprint density at radius 3 is 2.64 bits per heavy atom. The summed E-state index contributed by atoms with van der Waals surface area (Å²) in [4.78, 5) is 12.0. The smallest absolute Gasteiger partial charge is 0.250 e. The Morgan fingerprint density at radius 1 is 1.36 bits per heavy atom. The van der Waals surface area contributed by atoms with Crippen LogP contribution in [0.2, 0.25) is 5.02 Å². The summed E-state index contributed by atoms with van der Waals surface area (Å²) >= 11 is 5.72. The summed E-state index contributed by atoms with van der Waals surface area (Å²) in [6.07, 6.45) is -0.558. The molecule has 22 heavy (non-hydrogen) atoms. The van der Waals surface area contributed by atoms with E-state index in [-0.39, 0.29) is 35.5 Å². The molecule has 124 valence electrons. The topological polar surface area (TPSA) is 84.5 Å². The third-order valence-electron chi connectivity index (χ3n) is 3.06. The van der Waals surface area contributed by atoms with E-state index in [1.807, 2.05) is 0 Å². The van der Waals surface area contributed by atoms with E-state index in [0.717, 1.165) is 0 Å². The first kappa shape index (κ1) is 19.2. The quantitative estimate of drug-likeness (QED) is 0.796. The van der Waals surface area contributed by atoms with Crippen molar-refractivity contribution in [3.8, 4) is 0 Å². The molecule has 1 aliphatic rings. The summed E-state index contributed by atoms with van der Waals surface area (Å²) in [5.41, 5.74) is 0. The number of sulfone groups is 1. The number of benzene rings is 1. The summed E-state index contributed by atoms with van der Waals surface area (Å²) in [7, 11) is -3.43. The van der Waals surface area contributed by atoms with Crippen molar-refractivity contribution in [1.29, 1.82) is 0 Å². The predicted molar refractivity (Wildman–Crippen MR) is 86.4 cm³/mol. The molecule has 1 atom stereocenters. The second-order valence-electron chi connectivity index (χ2n) is 4.63. The van der Waals surface area contributed by atoms with Crippen LogP contribution in [0.4, 0.5) is 0 Å². The van der Waals surface area contributed by atoms with Crippen molar-refractivity contribution in [2.24, 2.45) is 0 Å². The number of amides is 1. The largest absolute Gasteiger partial charge is 0.366 e. The highest BCUT2D eigenvalue weighted by molar-refractivity contribution is 7.91. The van der Waals surface area contributed by atoms with Gasteiger partial charge in [0, 0.05) is 24.7 Å². The lowest BCUT2D eigenvalue weighted by atomic mass is 10.3. The lowest BCUT2D eigenvalue weighted by Gasteiger charge is -2.22. The molecule has 0 aromatic heterocycles. The van der Waals surface area contributed by atoms with Gasteiger partial charge in [-0.05, 0) is 24.3 Å². The standard InChI is InChI=1S/C13H17ClN2O4S.ClH/c14-10-1-3-11(4-2-10)21(18,19)8-6-16-13(17)12-9-15-5-7-20-12;/h1-4,12,15H,5-9H2,(H,16,17);1H. The van der Waals surface area contributed by atoms with E-state index in [4.69, 9.17) is 16.3 Å². The molecule has 0 aliphatic carbocycles. The summed E-state index contributed by atoms with van der Waals surface area (Å²) in [5, 5.41) is 6.09. The first-order chi connectivity index (χ1) is 9.99.